The van der Waals surface area contributed by atoms with Crippen LogP contribution in [0, 0.1) is 17.1 Å². The summed E-state index contributed by atoms with van der Waals surface area (Å²) in [5.41, 5.74) is 0.234. The minimum atomic E-state index is -3.92. The van der Waals surface area contributed by atoms with Gasteiger partial charge in [-0.25, -0.2) is 12.8 Å². The average Bonchev–Trinajstić information content (AvgIpc) is 2.42. The zero-order chi connectivity index (χ0) is 14.8. The lowest BCUT2D eigenvalue weighted by Gasteiger charge is -2.10. The molecule has 0 bridgehead atoms. The molecule has 0 aromatic heterocycles. The lowest BCUT2D eigenvalue weighted by molar-refractivity contribution is 0.600. The number of hydrogen-bond donors (Lipinski definition) is 1. The van der Waals surface area contributed by atoms with E-state index in [9.17, 15) is 12.8 Å². The first-order chi connectivity index (χ1) is 9.44. The number of nitrogens with one attached hydrogen (secondary N) is 1. The topological polar surface area (TPSA) is 70.0 Å². The third-order valence-corrected chi connectivity index (χ3v) is 4.55. The van der Waals surface area contributed by atoms with E-state index in [0.717, 1.165) is 12.1 Å². The monoisotopic (exact) mass is 354 g/mol. The second-order valence-corrected chi connectivity index (χ2v) is 6.34. The molecule has 0 atom stereocenters. The van der Waals surface area contributed by atoms with Crippen molar-refractivity contribution in [2.45, 2.75) is 4.90 Å². The van der Waals surface area contributed by atoms with Crippen LogP contribution >= 0.6 is 15.9 Å². The molecule has 2 aromatic carbocycles. The Bertz CT molecular complexity index is 800. The molecule has 0 radical (unpaired) electrons. The van der Waals surface area contributed by atoms with E-state index in [2.05, 4.69) is 20.7 Å². The van der Waals surface area contributed by atoms with Crippen molar-refractivity contribution in [2.24, 2.45) is 0 Å². The minimum Gasteiger partial charge on any atom is -0.278 e. The molecule has 1 N–H and O–H groups in total. The fourth-order valence-corrected chi connectivity index (χ4v) is 3.38. The fraction of sp³-hybridized carbons (Fsp3) is 0. The van der Waals surface area contributed by atoms with E-state index in [-0.39, 0.29) is 20.6 Å². The Kier molecular flexibility index (Phi) is 4.06. The number of rotatable bonds is 3. The van der Waals surface area contributed by atoms with Gasteiger partial charge in [0.15, 0.2) is 0 Å². The summed E-state index contributed by atoms with van der Waals surface area (Å²) in [4.78, 5) is -0.126. The van der Waals surface area contributed by atoms with Gasteiger partial charge in [0.25, 0.3) is 10.0 Å². The van der Waals surface area contributed by atoms with Gasteiger partial charge in [-0.2, -0.15) is 5.26 Å². The standard InChI is InChI=1S/C13H8BrFN2O2S/c14-11-7-10(15)5-6-12(11)17-20(18,19)13-4-2-1-3-9(13)8-16/h1-7,17H. The molecular weight excluding hydrogens is 347 g/mol. The summed E-state index contributed by atoms with van der Waals surface area (Å²) < 4.78 is 40.0. The Balaban J connectivity index is 2.44. The highest BCUT2D eigenvalue weighted by molar-refractivity contribution is 9.10. The highest BCUT2D eigenvalue weighted by atomic mass is 79.9. The van der Waals surface area contributed by atoms with Crippen LogP contribution in [0.25, 0.3) is 0 Å². The average molecular weight is 355 g/mol. The van der Waals surface area contributed by atoms with Crippen molar-refractivity contribution in [3.63, 3.8) is 0 Å². The Morgan fingerprint density at radius 3 is 2.55 bits per heavy atom. The molecule has 0 amide bonds. The molecule has 20 heavy (non-hydrogen) atoms. The molecule has 0 heterocycles. The van der Waals surface area contributed by atoms with E-state index in [4.69, 9.17) is 5.26 Å². The molecular formula is C13H8BrFN2O2S. The second kappa shape index (κ2) is 5.61. The summed E-state index contributed by atoms with van der Waals surface area (Å²) in [6.07, 6.45) is 0. The Hall–Kier alpha value is -1.91. The van der Waals surface area contributed by atoms with Gasteiger partial charge in [-0.05, 0) is 46.3 Å². The van der Waals surface area contributed by atoms with Gasteiger partial charge in [0.1, 0.15) is 16.8 Å². The van der Waals surface area contributed by atoms with Crippen molar-refractivity contribution in [3.05, 3.63) is 58.3 Å². The largest absolute Gasteiger partial charge is 0.278 e. The van der Waals surface area contributed by atoms with Crippen molar-refractivity contribution in [1.82, 2.24) is 0 Å². The van der Waals surface area contributed by atoms with Crippen molar-refractivity contribution >= 4 is 31.6 Å². The van der Waals surface area contributed by atoms with Crippen LogP contribution in [0.5, 0.6) is 0 Å². The van der Waals surface area contributed by atoms with Gasteiger partial charge in [-0.1, -0.05) is 12.1 Å². The first-order valence-corrected chi connectivity index (χ1v) is 7.68. The third kappa shape index (κ3) is 2.98. The van der Waals surface area contributed by atoms with Gasteiger partial charge >= 0.3 is 0 Å². The molecule has 2 aromatic rings. The van der Waals surface area contributed by atoms with E-state index >= 15 is 0 Å². The lowest BCUT2D eigenvalue weighted by atomic mass is 10.2. The summed E-state index contributed by atoms with van der Waals surface area (Å²) in [7, 11) is -3.92. The predicted octanol–water partition coefficient (Wildman–Crippen LogP) is 3.26. The molecule has 0 fully saturated rings. The minimum absolute atomic E-state index is 0.0400. The molecule has 0 spiro atoms. The number of anilines is 1. The van der Waals surface area contributed by atoms with Crippen molar-refractivity contribution < 1.29 is 12.8 Å². The van der Waals surface area contributed by atoms with E-state index in [1.54, 1.807) is 6.07 Å². The van der Waals surface area contributed by atoms with Crippen LogP contribution in [0.15, 0.2) is 51.8 Å². The van der Waals surface area contributed by atoms with Gasteiger partial charge in [0, 0.05) is 4.47 Å². The number of nitrogens with zero attached hydrogens (tertiary/aromatic N) is 1. The number of benzene rings is 2. The van der Waals surface area contributed by atoms with E-state index in [0.29, 0.717) is 0 Å². The van der Waals surface area contributed by atoms with Gasteiger partial charge < -0.3 is 0 Å². The quantitative estimate of drug-likeness (QED) is 0.919. The normalized spacial score (nSPS) is 10.8. The van der Waals surface area contributed by atoms with E-state index < -0.39 is 15.8 Å². The van der Waals surface area contributed by atoms with Crippen LogP contribution in [-0.4, -0.2) is 8.42 Å². The predicted molar refractivity (Wildman–Crippen MR) is 76.1 cm³/mol. The van der Waals surface area contributed by atoms with Crippen LogP contribution in [0.4, 0.5) is 10.1 Å². The first kappa shape index (κ1) is 14.5. The van der Waals surface area contributed by atoms with Crippen LogP contribution < -0.4 is 4.72 Å². The summed E-state index contributed by atoms with van der Waals surface area (Å²) >= 11 is 3.08. The number of nitriles is 1. The van der Waals surface area contributed by atoms with Gasteiger partial charge in [0.2, 0.25) is 0 Å². The maximum absolute atomic E-state index is 13.0. The molecule has 0 saturated heterocycles. The summed E-state index contributed by atoms with van der Waals surface area (Å²) in [6.45, 7) is 0. The van der Waals surface area contributed by atoms with Gasteiger partial charge in [0.05, 0.1) is 11.3 Å². The van der Waals surface area contributed by atoms with Crippen LogP contribution in [-0.2, 0) is 10.0 Å². The van der Waals surface area contributed by atoms with E-state index in [1.165, 1.54) is 24.3 Å². The maximum atomic E-state index is 13.0. The maximum Gasteiger partial charge on any atom is 0.263 e. The first-order valence-electron chi connectivity index (χ1n) is 5.41. The number of hydrogen-bond acceptors (Lipinski definition) is 3. The van der Waals surface area contributed by atoms with Gasteiger partial charge in [-0.15, -0.1) is 0 Å². The zero-order valence-corrected chi connectivity index (χ0v) is 12.4. The molecule has 0 aliphatic heterocycles. The number of halogens is 2. The van der Waals surface area contributed by atoms with Crippen molar-refractivity contribution in [1.29, 1.82) is 5.26 Å². The Morgan fingerprint density at radius 1 is 1.20 bits per heavy atom. The van der Waals surface area contributed by atoms with Crippen LogP contribution in [0.2, 0.25) is 0 Å². The highest BCUT2D eigenvalue weighted by Crippen LogP contribution is 2.26. The molecule has 0 aliphatic carbocycles. The molecule has 102 valence electrons. The zero-order valence-electron chi connectivity index (χ0n) is 9.97. The third-order valence-electron chi connectivity index (χ3n) is 2.47. The molecule has 0 unspecified atom stereocenters. The molecule has 7 heteroatoms. The fourth-order valence-electron chi connectivity index (χ4n) is 1.57. The van der Waals surface area contributed by atoms with Crippen molar-refractivity contribution in [2.75, 3.05) is 4.72 Å². The van der Waals surface area contributed by atoms with Crippen LogP contribution in [0.1, 0.15) is 5.56 Å². The molecule has 2 rings (SSSR count). The summed E-state index contributed by atoms with van der Waals surface area (Å²) in [5, 5.41) is 8.94. The Morgan fingerprint density at radius 2 is 1.90 bits per heavy atom. The van der Waals surface area contributed by atoms with Crippen LogP contribution in [0.3, 0.4) is 0 Å². The number of sulfonamides is 1. The van der Waals surface area contributed by atoms with Crippen molar-refractivity contribution in [3.8, 4) is 6.07 Å². The highest BCUT2D eigenvalue weighted by Gasteiger charge is 2.19. The molecule has 0 saturated carbocycles. The summed E-state index contributed by atoms with van der Waals surface area (Å²) in [6, 6.07) is 11.2. The lowest BCUT2D eigenvalue weighted by Crippen LogP contribution is -2.14. The Labute approximate surface area is 124 Å². The SMILES string of the molecule is N#Cc1ccccc1S(=O)(=O)Nc1ccc(F)cc1Br. The second-order valence-electron chi connectivity index (χ2n) is 3.84. The molecule has 0 aliphatic rings. The summed E-state index contributed by atoms with van der Waals surface area (Å²) in [5.74, 6) is -0.489. The smallest absolute Gasteiger partial charge is 0.263 e. The van der Waals surface area contributed by atoms with E-state index in [1.807, 2.05) is 6.07 Å². The van der Waals surface area contributed by atoms with Gasteiger partial charge in [-0.3, -0.25) is 4.72 Å². The molecule has 4 nitrogen and oxygen atoms in total.